The molecule has 0 bridgehead atoms. The van der Waals surface area contributed by atoms with E-state index in [0.717, 1.165) is 24.7 Å². The van der Waals surface area contributed by atoms with Crippen molar-refractivity contribution >= 4 is 49.4 Å². The first-order valence-corrected chi connectivity index (χ1v) is 9.16. The SMILES string of the molecule is O=C(c1n[nH]c(Br)c1Br)N1CCN(Cc2cccc(Cl)c2)CC1. The first-order chi connectivity index (χ1) is 11.0. The fourth-order valence-electron chi connectivity index (χ4n) is 2.60. The van der Waals surface area contributed by atoms with Crippen LogP contribution in [-0.2, 0) is 6.54 Å². The van der Waals surface area contributed by atoms with E-state index < -0.39 is 0 Å². The number of H-pyrrole nitrogens is 1. The summed E-state index contributed by atoms with van der Waals surface area (Å²) in [5.41, 5.74) is 1.61. The Bertz CT molecular complexity index is 713. The highest BCUT2D eigenvalue weighted by Crippen LogP contribution is 2.25. The monoisotopic (exact) mass is 460 g/mol. The molecule has 1 fully saturated rings. The zero-order valence-corrected chi connectivity index (χ0v) is 16.2. The Hall–Kier alpha value is -0.890. The van der Waals surface area contributed by atoms with E-state index in [1.165, 1.54) is 5.56 Å². The van der Waals surface area contributed by atoms with E-state index in [-0.39, 0.29) is 5.91 Å². The van der Waals surface area contributed by atoms with E-state index >= 15 is 0 Å². The van der Waals surface area contributed by atoms with Crippen LogP contribution in [0.15, 0.2) is 33.3 Å². The number of rotatable bonds is 3. The lowest BCUT2D eigenvalue weighted by molar-refractivity contribution is 0.0622. The quantitative estimate of drug-likeness (QED) is 0.759. The van der Waals surface area contributed by atoms with Gasteiger partial charge in [0.1, 0.15) is 4.60 Å². The average molecular weight is 463 g/mol. The van der Waals surface area contributed by atoms with Crippen molar-refractivity contribution in [1.29, 1.82) is 0 Å². The van der Waals surface area contributed by atoms with Gasteiger partial charge in [0.05, 0.1) is 4.47 Å². The zero-order chi connectivity index (χ0) is 16.4. The Balaban J connectivity index is 1.58. The van der Waals surface area contributed by atoms with Crippen molar-refractivity contribution in [2.75, 3.05) is 26.2 Å². The molecule has 5 nitrogen and oxygen atoms in total. The van der Waals surface area contributed by atoms with Gasteiger partial charge in [-0.15, -0.1) is 0 Å². The topological polar surface area (TPSA) is 52.2 Å². The first kappa shape index (κ1) is 17.0. The summed E-state index contributed by atoms with van der Waals surface area (Å²) in [6.45, 7) is 3.90. The van der Waals surface area contributed by atoms with E-state index in [2.05, 4.69) is 53.0 Å². The molecular weight excluding hydrogens is 447 g/mol. The number of carbonyl (C=O) groups is 1. The van der Waals surface area contributed by atoms with Crippen LogP contribution in [0.5, 0.6) is 0 Å². The molecule has 1 aliphatic heterocycles. The summed E-state index contributed by atoms with van der Waals surface area (Å²) < 4.78 is 1.35. The summed E-state index contributed by atoms with van der Waals surface area (Å²) in [5.74, 6) is -0.0544. The lowest BCUT2D eigenvalue weighted by Gasteiger charge is -2.34. The van der Waals surface area contributed by atoms with E-state index in [4.69, 9.17) is 11.6 Å². The van der Waals surface area contributed by atoms with E-state index in [1.807, 2.05) is 23.1 Å². The van der Waals surface area contributed by atoms with Gasteiger partial charge in [0.25, 0.3) is 5.91 Å². The summed E-state index contributed by atoms with van der Waals surface area (Å²) in [5, 5.41) is 7.56. The fourth-order valence-corrected chi connectivity index (χ4v) is 3.44. The maximum Gasteiger partial charge on any atom is 0.275 e. The summed E-state index contributed by atoms with van der Waals surface area (Å²) in [6, 6.07) is 7.89. The molecule has 0 spiro atoms. The second kappa shape index (κ2) is 7.34. The van der Waals surface area contributed by atoms with Gasteiger partial charge in [0.15, 0.2) is 5.69 Å². The van der Waals surface area contributed by atoms with E-state index in [0.29, 0.717) is 27.9 Å². The van der Waals surface area contributed by atoms with Gasteiger partial charge in [-0.2, -0.15) is 5.10 Å². The van der Waals surface area contributed by atoms with Crippen LogP contribution in [0.25, 0.3) is 0 Å². The van der Waals surface area contributed by atoms with E-state index in [1.54, 1.807) is 0 Å². The number of nitrogens with one attached hydrogen (secondary N) is 1. The Morgan fingerprint density at radius 2 is 2.00 bits per heavy atom. The largest absolute Gasteiger partial charge is 0.335 e. The standard InChI is InChI=1S/C15H15Br2ClN4O/c16-12-13(19-20-14(12)17)15(23)22-6-4-21(5-7-22)9-10-2-1-3-11(18)8-10/h1-3,8H,4-7,9H2,(H,19,20). The Labute approximate surface area is 156 Å². The molecule has 1 aromatic carbocycles. The van der Waals surface area contributed by atoms with Crippen molar-refractivity contribution in [1.82, 2.24) is 20.0 Å². The van der Waals surface area contributed by atoms with Crippen LogP contribution in [-0.4, -0.2) is 52.1 Å². The number of hydrogen-bond donors (Lipinski definition) is 1. The van der Waals surface area contributed by atoms with Gasteiger partial charge in [0, 0.05) is 37.7 Å². The van der Waals surface area contributed by atoms with E-state index in [9.17, 15) is 4.79 Å². The Kier molecular flexibility index (Phi) is 5.41. The minimum atomic E-state index is -0.0544. The molecule has 3 rings (SSSR count). The maximum absolute atomic E-state index is 12.5. The second-order valence-corrected chi connectivity index (χ2v) is 7.42. The van der Waals surface area contributed by atoms with Gasteiger partial charge >= 0.3 is 0 Å². The lowest BCUT2D eigenvalue weighted by atomic mass is 10.2. The third kappa shape index (κ3) is 3.96. The molecule has 0 radical (unpaired) electrons. The molecule has 1 saturated heterocycles. The summed E-state index contributed by atoms with van der Waals surface area (Å²) in [7, 11) is 0. The van der Waals surface area contributed by atoms with Crippen molar-refractivity contribution in [3.8, 4) is 0 Å². The number of aromatic nitrogens is 2. The highest BCUT2D eigenvalue weighted by Gasteiger charge is 2.26. The molecule has 0 atom stereocenters. The van der Waals surface area contributed by atoms with Crippen LogP contribution in [0.4, 0.5) is 0 Å². The van der Waals surface area contributed by atoms with Crippen molar-refractivity contribution in [3.63, 3.8) is 0 Å². The molecule has 1 amide bonds. The number of piperazine rings is 1. The maximum atomic E-state index is 12.5. The fraction of sp³-hybridized carbons (Fsp3) is 0.333. The van der Waals surface area contributed by atoms with Crippen LogP contribution >= 0.6 is 43.5 Å². The Morgan fingerprint density at radius 1 is 1.26 bits per heavy atom. The lowest BCUT2D eigenvalue weighted by Crippen LogP contribution is -2.48. The van der Waals surface area contributed by atoms with Crippen molar-refractivity contribution in [3.05, 3.63) is 49.6 Å². The number of hydrogen-bond acceptors (Lipinski definition) is 3. The molecule has 2 aromatic rings. The van der Waals surface area contributed by atoms with Crippen LogP contribution in [0.1, 0.15) is 16.1 Å². The summed E-state index contributed by atoms with van der Waals surface area (Å²) in [6.07, 6.45) is 0. The van der Waals surface area contributed by atoms with Crippen molar-refractivity contribution in [2.45, 2.75) is 6.54 Å². The molecule has 1 N–H and O–H groups in total. The number of nitrogens with zero attached hydrogens (tertiary/aromatic N) is 3. The molecule has 23 heavy (non-hydrogen) atoms. The molecular formula is C15H15Br2ClN4O. The van der Waals surface area contributed by atoms with Crippen LogP contribution in [0, 0.1) is 0 Å². The number of benzene rings is 1. The van der Waals surface area contributed by atoms with Gasteiger partial charge < -0.3 is 4.90 Å². The number of aromatic amines is 1. The minimum absolute atomic E-state index is 0.0544. The molecule has 0 aliphatic carbocycles. The average Bonchev–Trinajstić information content (AvgIpc) is 2.87. The highest BCUT2D eigenvalue weighted by atomic mass is 79.9. The van der Waals surface area contributed by atoms with Gasteiger partial charge in [-0.3, -0.25) is 14.8 Å². The van der Waals surface area contributed by atoms with Gasteiger partial charge in [-0.1, -0.05) is 23.7 Å². The summed E-state index contributed by atoms with van der Waals surface area (Å²) in [4.78, 5) is 16.7. The van der Waals surface area contributed by atoms with Crippen LogP contribution in [0.2, 0.25) is 5.02 Å². The van der Waals surface area contributed by atoms with Crippen LogP contribution in [0.3, 0.4) is 0 Å². The van der Waals surface area contributed by atoms with Crippen LogP contribution < -0.4 is 0 Å². The van der Waals surface area contributed by atoms with Crippen molar-refractivity contribution in [2.24, 2.45) is 0 Å². The van der Waals surface area contributed by atoms with Gasteiger partial charge in [-0.05, 0) is 49.6 Å². The molecule has 1 aromatic heterocycles. The Morgan fingerprint density at radius 3 is 2.61 bits per heavy atom. The molecule has 2 heterocycles. The number of carbonyl (C=O) groups excluding carboxylic acids is 1. The number of halogens is 3. The predicted octanol–water partition coefficient (Wildman–Crippen LogP) is 3.55. The third-order valence-corrected chi connectivity index (χ3v) is 5.94. The molecule has 8 heteroatoms. The highest BCUT2D eigenvalue weighted by molar-refractivity contribution is 9.13. The second-order valence-electron chi connectivity index (χ2n) is 5.40. The smallest absolute Gasteiger partial charge is 0.275 e. The number of amides is 1. The minimum Gasteiger partial charge on any atom is -0.335 e. The van der Waals surface area contributed by atoms with Gasteiger partial charge in [-0.25, -0.2) is 0 Å². The normalized spacial score (nSPS) is 15.9. The zero-order valence-electron chi connectivity index (χ0n) is 12.2. The molecule has 0 unspecified atom stereocenters. The molecule has 122 valence electrons. The third-order valence-electron chi connectivity index (χ3n) is 3.82. The van der Waals surface area contributed by atoms with Gasteiger partial charge in [0.2, 0.25) is 0 Å². The predicted molar refractivity (Wildman–Crippen MR) is 96.6 cm³/mol. The summed E-state index contributed by atoms with van der Waals surface area (Å²) >= 11 is 12.7. The first-order valence-electron chi connectivity index (χ1n) is 7.20. The molecule has 0 saturated carbocycles. The van der Waals surface area contributed by atoms with Crippen molar-refractivity contribution < 1.29 is 4.79 Å². The molecule has 1 aliphatic rings.